The lowest BCUT2D eigenvalue weighted by atomic mass is 10.2. The van der Waals surface area contributed by atoms with Gasteiger partial charge in [-0.15, -0.1) is 0 Å². The van der Waals surface area contributed by atoms with Crippen LogP contribution in [-0.2, 0) is 9.59 Å². The summed E-state index contributed by atoms with van der Waals surface area (Å²) in [5.74, 6) is -0.872. The van der Waals surface area contributed by atoms with Crippen molar-refractivity contribution in [3.63, 3.8) is 0 Å². The molecule has 0 unspecified atom stereocenters. The lowest BCUT2D eigenvalue weighted by Crippen LogP contribution is -2.53. The van der Waals surface area contributed by atoms with Crippen LogP contribution in [0, 0.1) is 0 Å². The number of carbonyl (C=O) groups excluding carboxylic acids is 2. The van der Waals surface area contributed by atoms with E-state index in [4.69, 9.17) is 12.2 Å². The smallest absolute Gasteiger partial charge is 0.267 e. The van der Waals surface area contributed by atoms with Crippen molar-refractivity contribution < 1.29 is 9.59 Å². The average molecular weight is 275 g/mol. The monoisotopic (exact) mass is 275 g/mol. The van der Waals surface area contributed by atoms with E-state index < -0.39 is 5.91 Å². The zero-order valence-corrected chi connectivity index (χ0v) is 11.2. The lowest BCUT2D eigenvalue weighted by Gasteiger charge is -2.27. The Morgan fingerprint density at radius 3 is 2.63 bits per heavy atom. The fourth-order valence-electron chi connectivity index (χ4n) is 1.67. The summed E-state index contributed by atoms with van der Waals surface area (Å²) in [6, 6.07) is 9.27. The number of hydrogen-bond acceptors (Lipinski definition) is 4. The Balaban J connectivity index is 2.20. The van der Waals surface area contributed by atoms with Gasteiger partial charge in [0.2, 0.25) is 0 Å². The van der Waals surface area contributed by atoms with E-state index in [0.29, 0.717) is 6.54 Å². The first-order chi connectivity index (χ1) is 9.13. The molecule has 98 valence electrons. The molecule has 1 aliphatic rings. The maximum absolute atomic E-state index is 12.1. The van der Waals surface area contributed by atoms with Crippen LogP contribution in [0.25, 0.3) is 0 Å². The van der Waals surface area contributed by atoms with E-state index in [9.17, 15) is 9.59 Å². The first kappa shape index (κ1) is 13.2. The van der Waals surface area contributed by atoms with Crippen LogP contribution in [0.5, 0.6) is 0 Å². The second-order valence-corrected chi connectivity index (χ2v) is 4.26. The van der Waals surface area contributed by atoms with Crippen molar-refractivity contribution in [1.82, 2.24) is 10.2 Å². The van der Waals surface area contributed by atoms with Gasteiger partial charge in [-0.05, 0) is 31.3 Å². The molecule has 0 bridgehead atoms. The maximum atomic E-state index is 12.1. The molecular weight excluding hydrogens is 262 g/mol. The minimum atomic E-state index is -0.483. The van der Waals surface area contributed by atoms with Gasteiger partial charge in [0, 0.05) is 18.4 Å². The second kappa shape index (κ2) is 5.62. The third-order valence-corrected chi connectivity index (χ3v) is 2.98. The highest BCUT2D eigenvalue weighted by atomic mass is 32.1. The van der Waals surface area contributed by atoms with Crippen LogP contribution in [0.3, 0.4) is 0 Å². The number of nitrogens with one attached hydrogen (secondary N) is 2. The normalized spacial score (nSPS) is 17.6. The highest BCUT2D eigenvalue weighted by Gasteiger charge is 2.32. The molecule has 2 N–H and O–H groups in total. The molecule has 6 heteroatoms. The summed E-state index contributed by atoms with van der Waals surface area (Å²) in [6.45, 7) is 2.21. The van der Waals surface area contributed by atoms with E-state index in [-0.39, 0.29) is 16.6 Å². The van der Waals surface area contributed by atoms with Crippen LogP contribution >= 0.6 is 12.2 Å². The molecule has 0 spiro atoms. The van der Waals surface area contributed by atoms with E-state index in [0.717, 1.165) is 5.69 Å². The number of amides is 2. The second-order valence-electron chi connectivity index (χ2n) is 3.88. The number of carbonyl (C=O) groups is 2. The Morgan fingerprint density at radius 2 is 2.00 bits per heavy atom. The molecule has 0 atom stereocenters. The summed E-state index contributed by atoms with van der Waals surface area (Å²) in [5.41, 5.74) is 0.839. The van der Waals surface area contributed by atoms with Crippen molar-refractivity contribution in [3.8, 4) is 0 Å². The van der Waals surface area contributed by atoms with Crippen molar-refractivity contribution in [1.29, 1.82) is 0 Å². The third-order valence-electron chi connectivity index (χ3n) is 2.66. The summed E-state index contributed by atoms with van der Waals surface area (Å²) in [6.07, 6.45) is 1.40. The molecule has 0 radical (unpaired) electrons. The zero-order valence-electron chi connectivity index (χ0n) is 10.3. The Morgan fingerprint density at radius 1 is 1.32 bits per heavy atom. The molecule has 1 heterocycles. The van der Waals surface area contributed by atoms with Gasteiger partial charge in [-0.3, -0.25) is 19.8 Å². The van der Waals surface area contributed by atoms with Crippen molar-refractivity contribution >= 4 is 34.8 Å². The van der Waals surface area contributed by atoms with E-state index >= 15 is 0 Å². The number of likely N-dealkylation sites (N-methyl/N-ethyl adjacent to an activating group) is 1. The van der Waals surface area contributed by atoms with Gasteiger partial charge in [0.25, 0.3) is 11.8 Å². The van der Waals surface area contributed by atoms with Gasteiger partial charge in [0.1, 0.15) is 5.57 Å². The number of rotatable bonds is 3. The molecule has 1 aliphatic heterocycles. The molecular formula is C13H13N3O2S. The van der Waals surface area contributed by atoms with Gasteiger partial charge >= 0.3 is 0 Å². The zero-order chi connectivity index (χ0) is 13.8. The number of anilines is 1. The minimum absolute atomic E-state index is 0.0410. The molecule has 2 amide bonds. The summed E-state index contributed by atoms with van der Waals surface area (Å²) < 4.78 is 0. The van der Waals surface area contributed by atoms with Crippen LogP contribution in [0.4, 0.5) is 5.69 Å². The van der Waals surface area contributed by atoms with Crippen LogP contribution in [0.1, 0.15) is 6.92 Å². The first-order valence-corrected chi connectivity index (χ1v) is 6.23. The van der Waals surface area contributed by atoms with Crippen LogP contribution in [0.2, 0.25) is 0 Å². The first-order valence-electron chi connectivity index (χ1n) is 5.82. The molecule has 1 aromatic carbocycles. The Kier molecular flexibility index (Phi) is 3.91. The molecule has 0 aromatic heterocycles. The standard InChI is InChI=1S/C13H13N3O2S/c1-2-16-12(18)10(11(17)15-13(16)19)8-14-9-6-4-3-5-7-9/h3-8,14H,2H2,1H3,(H,15,17,19)/b10-8+. The minimum Gasteiger partial charge on any atom is -0.361 e. The van der Waals surface area contributed by atoms with E-state index in [2.05, 4.69) is 10.6 Å². The van der Waals surface area contributed by atoms with Gasteiger partial charge < -0.3 is 5.32 Å². The van der Waals surface area contributed by atoms with Gasteiger partial charge in [-0.1, -0.05) is 18.2 Å². The van der Waals surface area contributed by atoms with Crippen molar-refractivity contribution in [3.05, 3.63) is 42.1 Å². The predicted molar refractivity (Wildman–Crippen MR) is 76.3 cm³/mol. The molecule has 19 heavy (non-hydrogen) atoms. The molecule has 2 rings (SSSR count). The number of thiocarbonyl (C=S) groups is 1. The summed E-state index contributed by atoms with van der Waals surface area (Å²) in [7, 11) is 0. The Bertz CT molecular complexity index is 554. The number of benzene rings is 1. The average Bonchev–Trinajstić information content (AvgIpc) is 2.39. The summed E-state index contributed by atoms with van der Waals surface area (Å²) in [5, 5.41) is 5.55. The molecule has 1 saturated heterocycles. The van der Waals surface area contributed by atoms with Gasteiger partial charge in [0.15, 0.2) is 5.11 Å². The van der Waals surface area contributed by atoms with Gasteiger partial charge in [-0.25, -0.2) is 0 Å². The van der Waals surface area contributed by atoms with E-state index in [1.807, 2.05) is 30.3 Å². The molecule has 0 aliphatic carbocycles. The van der Waals surface area contributed by atoms with Crippen molar-refractivity contribution in [2.45, 2.75) is 6.92 Å². The van der Waals surface area contributed by atoms with Crippen LogP contribution < -0.4 is 10.6 Å². The number of nitrogens with zero attached hydrogens (tertiary/aromatic N) is 1. The SMILES string of the molecule is CCN1C(=O)/C(=C/Nc2ccccc2)C(=O)NC1=S. The fourth-order valence-corrected chi connectivity index (χ4v) is 1.98. The van der Waals surface area contributed by atoms with Gasteiger partial charge in [-0.2, -0.15) is 0 Å². The highest BCUT2D eigenvalue weighted by molar-refractivity contribution is 7.80. The Labute approximate surface area is 116 Å². The van der Waals surface area contributed by atoms with Crippen LogP contribution in [0.15, 0.2) is 42.1 Å². The molecule has 5 nitrogen and oxygen atoms in total. The molecule has 0 saturated carbocycles. The summed E-state index contributed by atoms with van der Waals surface area (Å²) in [4.78, 5) is 25.2. The lowest BCUT2D eigenvalue weighted by molar-refractivity contribution is -0.128. The fraction of sp³-hybridized carbons (Fsp3) is 0.154. The van der Waals surface area contributed by atoms with Crippen molar-refractivity contribution in [2.75, 3.05) is 11.9 Å². The van der Waals surface area contributed by atoms with E-state index in [1.54, 1.807) is 6.92 Å². The topological polar surface area (TPSA) is 61.4 Å². The highest BCUT2D eigenvalue weighted by Crippen LogP contribution is 2.11. The Hall–Kier alpha value is -2.21. The van der Waals surface area contributed by atoms with E-state index in [1.165, 1.54) is 11.1 Å². The quantitative estimate of drug-likeness (QED) is 0.495. The van der Waals surface area contributed by atoms with Crippen LogP contribution in [-0.4, -0.2) is 28.4 Å². The third kappa shape index (κ3) is 2.79. The maximum Gasteiger partial charge on any atom is 0.267 e. The molecule has 1 fully saturated rings. The number of hydrogen-bond donors (Lipinski definition) is 2. The molecule has 1 aromatic rings. The largest absolute Gasteiger partial charge is 0.361 e. The summed E-state index contributed by atoms with van der Waals surface area (Å²) >= 11 is 4.94. The van der Waals surface area contributed by atoms with Gasteiger partial charge in [0.05, 0.1) is 0 Å². The predicted octanol–water partition coefficient (Wildman–Crippen LogP) is 1.25. The number of para-hydroxylation sites is 1. The van der Waals surface area contributed by atoms with Crippen molar-refractivity contribution in [2.24, 2.45) is 0 Å².